The van der Waals surface area contributed by atoms with E-state index in [0.29, 0.717) is 35.3 Å². The Morgan fingerprint density at radius 1 is 1.15 bits per heavy atom. The lowest BCUT2D eigenvalue weighted by atomic mass is 9.92. The van der Waals surface area contributed by atoms with E-state index in [-0.39, 0.29) is 5.56 Å². The summed E-state index contributed by atoms with van der Waals surface area (Å²) in [5.41, 5.74) is 7.84. The first kappa shape index (κ1) is 18.2. The number of nitrogens with zero attached hydrogens (tertiary/aromatic N) is 3. The van der Waals surface area contributed by atoms with E-state index >= 15 is 0 Å². The van der Waals surface area contributed by atoms with Crippen LogP contribution in [0.4, 0.5) is 5.95 Å². The Morgan fingerprint density at radius 2 is 1.88 bits per heavy atom. The molecule has 0 aromatic carbocycles. The monoisotopic (exact) mass is 356 g/mol. The van der Waals surface area contributed by atoms with Crippen molar-refractivity contribution < 1.29 is 9.90 Å². The zero-order valence-corrected chi connectivity index (χ0v) is 14.9. The Balaban J connectivity index is 1.58. The molecule has 3 rings (SSSR count). The number of anilines is 1. The standard InChI is InChI=1S/C18H24N6O2/c1-11-14(12(2)24-23-11)4-3-7-20-18-21-9-6-15(22-18)16-10-13(17(25)26)5-8-19-16/h5-6,8-12,14,23-24H,3-4,7H2,1-2H3,(H,25,26)(H,20,21,22). The number of carboxylic acids is 1. The van der Waals surface area contributed by atoms with Crippen molar-refractivity contribution >= 4 is 11.9 Å². The molecule has 2 atom stereocenters. The number of hydrogen-bond donors (Lipinski definition) is 4. The fourth-order valence-electron chi connectivity index (χ4n) is 3.24. The van der Waals surface area contributed by atoms with Crippen molar-refractivity contribution in [1.29, 1.82) is 0 Å². The molecule has 1 fully saturated rings. The third-order valence-corrected chi connectivity index (χ3v) is 4.75. The molecule has 0 amide bonds. The van der Waals surface area contributed by atoms with Gasteiger partial charge in [-0.2, -0.15) is 0 Å². The molecule has 1 aliphatic heterocycles. The second kappa shape index (κ2) is 8.20. The number of aromatic nitrogens is 3. The minimum absolute atomic E-state index is 0.185. The normalized spacial score (nSPS) is 22.3. The van der Waals surface area contributed by atoms with E-state index in [1.807, 2.05) is 0 Å². The molecule has 0 bridgehead atoms. The summed E-state index contributed by atoms with van der Waals surface area (Å²) < 4.78 is 0. The highest BCUT2D eigenvalue weighted by Gasteiger charge is 2.28. The molecular weight excluding hydrogens is 332 g/mol. The first-order valence-corrected chi connectivity index (χ1v) is 8.82. The van der Waals surface area contributed by atoms with Gasteiger partial charge >= 0.3 is 5.97 Å². The average Bonchev–Trinajstić information content (AvgIpc) is 2.97. The highest BCUT2D eigenvalue weighted by atomic mass is 16.4. The van der Waals surface area contributed by atoms with Crippen molar-refractivity contribution in [2.75, 3.05) is 11.9 Å². The fourth-order valence-corrected chi connectivity index (χ4v) is 3.24. The molecule has 2 aromatic heterocycles. The number of hydrogen-bond acceptors (Lipinski definition) is 7. The minimum Gasteiger partial charge on any atom is -0.478 e. The van der Waals surface area contributed by atoms with Crippen molar-refractivity contribution in [3.8, 4) is 11.4 Å². The van der Waals surface area contributed by atoms with Crippen LogP contribution in [0.3, 0.4) is 0 Å². The number of carbonyl (C=O) groups is 1. The topological polar surface area (TPSA) is 112 Å². The molecule has 1 saturated heterocycles. The maximum Gasteiger partial charge on any atom is 0.335 e. The number of nitrogens with one attached hydrogen (secondary N) is 3. The maximum absolute atomic E-state index is 11.1. The van der Waals surface area contributed by atoms with Gasteiger partial charge in [-0.05, 0) is 50.8 Å². The van der Waals surface area contributed by atoms with E-state index in [9.17, 15) is 4.79 Å². The number of carboxylic acid groups (broad SMARTS) is 1. The Hall–Kier alpha value is -2.58. The Morgan fingerprint density at radius 3 is 2.62 bits per heavy atom. The first-order chi connectivity index (χ1) is 12.5. The zero-order valence-electron chi connectivity index (χ0n) is 14.9. The molecule has 0 radical (unpaired) electrons. The van der Waals surface area contributed by atoms with Crippen LogP contribution < -0.4 is 16.2 Å². The van der Waals surface area contributed by atoms with E-state index in [1.54, 1.807) is 12.3 Å². The van der Waals surface area contributed by atoms with Gasteiger partial charge in [-0.1, -0.05) is 0 Å². The molecule has 0 spiro atoms. The van der Waals surface area contributed by atoms with E-state index in [1.165, 1.54) is 18.3 Å². The van der Waals surface area contributed by atoms with Gasteiger partial charge in [0.2, 0.25) is 5.95 Å². The molecule has 0 saturated carbocycles. The van der Waals surface area contributed by atoms with Crippen molar-refractivity contribution in [3.05, 3.63) is 36.2 Å². The molecule has 4 N–H and O–H groups in total. The van der Waals surface area contributed by atoms with E-state index in [4.69, 9.17) is 5.11 Å². The van der Waals surface area contributed by atoms with Gasteiger partial charge in [0.1, 0.15) is 0 Å². The van der Waals surface area contributed by atoms with Crippen molar-refractivity contribution in [3.63, 3.8) is 0 Å². The second-order valence-electron chi connectivity index (χ2n) is 6.60. The van der Waals surface area contributed by atoms with Gasteiger partial charge in [0, 0.05) is 31.0 Å². The third-order valence-electron chi connectivity index (χ3n) is 4.75. The maximum atomic E-state index is 11.1. The van der Waals surface area contributed by atoms with Gasteiger partial charge in [0.05, 0.1) is 17.0 Å². The Kier molecular flexibility index (Phi) is 5.75. The number of aromatic carboxylic acids is 1. The van der Waals surface area contributed by atoms with Crippen LogP contribution in [0.1, 0.15) is 37.0 Å². The minimum atomic E-state index is -0.986. The highest BCUT2D eigenvalue weighted by Crippen LogP contribution is 2.20. The van der Waals surface area contributed by atoms with Crippen molar-refractivity contribution in [2.24, 2.45) is 5.92 Å². The number of pyridine rings is 1. The molecule has 8 heteroatoms. The number of rotatable bonds is 7. The van der Waals surface area contributed by atoms with Crippen molar-refractivity contribution in [2.45, 2.75) is 38.8 Å². The third kappa shape index (κ3) is 4.33. The van der Waals surface area contributed by atoms with Crippen molar-refractivity contribution in [1.82, 2.24) is 25.8 Å². The summed E-state index contributed by atoms with van der Waals surface area (Å²) in [6, 6.07) is 5.63. The SMILES string of the molecule is CC1NNC(C)C1CCCNc1nccc(-c2cc(C(=O)O)ccn2)n1. The quantitative estimate of drug-likeness (QED) is 0.557. The summed E-state index contributed by atoms with van der Waals surface area (Å²) >= 11 is 0. The van der Waals surface area contributed by atoms with Gasteiger partial charge in [-0.25, -0.2) is 14.8 Å². The fraction of sp³-hybridized carbons (Fsp3) is 0.444. The Labute approximate surface area is 152 Å². The molecule has 0 aliphatic carbocycles. The first-order valence-electron chi connectivity index (χ1n) is 8.82. The smallest absolute Gasteiger partial charge is 0.335 e. The van der Waals surface area contributed by atoms with E-state index in [0.717, 1.165) is 19.4 Å². The summed E-state index contributed by atoms with van der Waals surface area (Å²) in [5, 5.41) is 12.3. The molecular formula is C18H24N6O2. The van der Waals surface area contributed by atoms with Crippen LogP contribution in [-0.2, 0) is 0 Å². The summed E-state index contributed by atoms with van der Waals surface area (Å²) in [6.45, 7) is 5.17. The molecule has 1 aliphatic rings. The van der Waals surface area contributed by atoms with Gasteiger partial charge < -0.3 is 10.4 Å². The predicted octanol–water partition coefficient (Wildman–Crippen LogP) is 1.93. The van der Waals surface area contributed by atoms with Crippen LogP contribution in [0.25, 0.3) is 11.4 Å². The lowest BCUT2D eigenvalue weighted by Gasteiger charge is -2.17. The summed E-state index contributed by atoms with van der Waals surface area (Å²) in [7, 11) is 0. The van der Waals surface area contributed by atoms with Crippen LogP contribution >= 0.6 is 0 Å². The van der Waals surface area contributed by atoms with Gasteiger partial charge in [0.25, 0.3) is 0 Å². The zero-order chi connectivity index (χ0) is 18.5. The molecule has 26 heavy (non-hydrogen) atoms. The van der Waals surface area contributed by atoms with Gasteiger partial charge in [-0.15, -0.1) is 0 Å². The summed E-state index contributed by atoms with van der Waals surface area (Å²) in [5.74, 6) is 0.140. The molecule has 2 aromatic rings. The second-order valence-corrected chi connectivity index (χ2v) is 6.60. The number of hydrazine groups is 1. The predicted molar refractivity (Wildman–Crippen MR) is 98.6 cm³/mol. The largest absolute Gasteiger partial charge is 0.478 e. The molecule has 2 unspecified atom stereocenters. The van der Waals surface area contributed by atoms with Crippen LogP contribution in [-0.4, -0.2) is 44.7 Å². The summed E-state index contributed by atoms with van der Waals surface area (Å²) in [4.78, 5) is 24.0. The van der Waals surface area contributed by atoms with Crippen LogP contribution in [0.15, 0.2) is 30.6 Å². The van der Waals surface area contributed by atoms with E-state index < -0.39 is 5.97 Å². The molecule has 3 heterocycles. The van der Waals surface area contributed by atoms with Crippen LogP contribution in [0.2, 0.25) is 0 Å². The lowest BCUT2D eigenvalue weighted by molar-refractivity contribution is 0.0697. The van der Waals surface area contributed by atoms with Crippen LogP contribution in [0, 0.1) is 5.92 Å². The van der Waals surface area contributed by atoms with Gasteiger partial charge in [-0.3, -0.25) is 15.8 Å². The molecule has 8 nitrogen and oxygen atoms in total. The average molecular weight is 356 g/mol. The van der Waals surface area contributed by atoms with E-state index in [2.05, 4.69) is 45.0 Å². The van der Waals surface area contributed by atoms with Gasteiger partial charge in [0.15, 0.2) is 0 Å². The van der Waals surface area contributed by atoms with Crippen LogP contribution in [0.5, 0.6) is 0 Å². The Bertz CT molecular complexity index is 759. The molecule has 138 valence electrons. The lowest BCUT2D eigenvalue weighted by Crippen LogP contribution is -2.30. The summed E-state index contributed by atoms with van der Waals surface area (Å²) in [6.07, 6.45) is 5.25. The highest BCUT2D eigenvalue weighted by molar-refractivity contribution is 5.88.